The Morgan fingerprint density at radius 2 is 1.86 bits per heavy atom. The van der Waals surface area contributed by atoms with E-state index in [4.69, 9.17) is 21.6 Å². The fourth-order valence-electron chi connectivity index (χ4n) is 0.981. The van der Waals surface area contributed by atoms with Crippen molar-refractivity contribution < 1.29 is 9.47 Å². The molecule has 0 rings (SSSR count). The zero-order valence-corrected chi connectivity index (χ0v) is 9.21. The van der Waals surface area contributed by atoms with Gasteiger partial charge in [-0.25, -0.2) is 0 Å². The highest BCUT2D eigenvalue weighted by Crippen LogP contribution is 2.06. The Balaban J connectivity index is 3.04. The maximum atomic E-state index is 5.81. The molecular formula is C11H21NO2. The van der Waals surface area contributed by atoms with Crippen molar-refractivity contribution in [2.45, 2.75) is 32.2 Å². The van der Waals surface area contributed by atoms with E-state index in [2.05, 4.69) is 5.92 Å². The van der Waals surface area contributed by atoms with Crippen LogP contribution in [0.5, 0.6) is 0 Å². The molecule has 0 spiro atoms. The lowest BCUT2D eigenvalue weighted by Gasteiger charge is -2.17. The van der Waals surface area contributed by atoms with E-state index >= 15 is 0 Å². The third-order valence-electron chi connectivity index (χ3n) is 1.67. The van der Waals surface area contributed by atoms with Gasteiger partial charge in [0.15, 0.2) is 0 Å². The first-order chi connectivity index (χ1) is 6.56. The Morgan fingerprint density at radius 1 is 1.21 bits per heavy atom. The van der Waals surface area contributed by atoms with Gasteiger partial charge in [-0.05, 0) is 26.7 Å². The van der Waals surface area contributed by atoms with Crippen molar-refractivity contribution in [1.82, 2.24) is 0 Å². The normalized spacial score (nSPS) is 11.3. The van der Waals surface area contributed by atoms with E-state index in [-0.39, 0.29) is 5.54 Å². The average Bonchev–Trinajstić information content (AvgIpc) is 2.08. The van der Waals surface area contributed by atoms with Crippen LogP contribution in [-0.2, 0) is 9.47 Å². The number of rotatable bonds is 8. The number of terminal acetylenes is 1. The summed E-state index contributed by atoms with van der Waals surface area (Å²) in [6.45, 7) is 6.30. The number of hydrogen-bond acceptors (Lipinski definition) is 3. The first-order valence-corrected chi connectivity index (χ1v) is 4.94. The van der Waals surface area contributed by atoms with Gasteiger partial charge in [-0.15, -0.1) is 6.42 Å². The summed E-state index contributed by atoms with van der Waals surface area (Å²) in [5, 5.41) is 0. The Morgan fingerprint density at radius 3 is 2.43 bits per heavy atom. The number of nitrogens with two attached hydrogens (primary N) is 1. The standard InChI is InChI=1S/C11H21NO2/c1-4-7-13-9-10-14-8-5-6-11(2,3)12/h1H,5-10,12H2,2-3H3. The topological polar surface area (TPSA) is 44.5 Å². The van der Waals surface area contributed by atoms with Gasteiger partial charge in [-0.2, -0.15) is 0 Å². The fraction of sp³-hybridized carbons (Fsp3) is 0.818. The lowest BCUT2D eigenvalue weighted by molar-refractivity contribution is 0.0571. The molecule has 0 aromatic carbocycles. The van der Waals surface area contributed by atoms with Crippen LogP contribution in [0.2, 0.25) is 0 Å². The molecule has 0 bridgehead atoms. The molecule has 3 heteroatoms. The summed E-state index contributed by atoms with van der Waals surface area (Å²) < 4.78 is 10.4. The first kappa shape index (κ1) is 13.4. The zero-order valence-electron chi connectivity index (χ0n) is 9.21. The minimum Gasteiger partial charge on any atom is -0.379 e. The molecule has 0 saturated carbocycles. The molecule has 0 aromatic heterocycles. The van der Waals surface area contributed by atoms with Crippen molar-refractivity contribution in [3.05, 3.63) is 0 Å². The molecule has 0 aliphatic heterocycles. The van der Waals surface area contributed by atoms with Crippen LogP contribution in [0.1, 0.15) is 26.7 Å². The second-order valence-electron chi connectivity index (χ2n) is 3.96. The monoisotopic (exact) mass is 199 g/mol. The van der Waals surface area contributed by atoms with Crippen LogP contribution in [0.4, 0.5) is 0 Å². The third kappa shape index (κ3) is 11.4. The lowest BCUT2D eigenvalue weighted by atomic mass is 10.0. The molecular weight excluding hydrogens is 178 g/mol. The molecule has 0 amide bonds. The van der Waals surface area contributed by atoms with Gasteiger partial charge < -0.3 is 15.2 Å². The molecule has 0 aromatic rings. The maximum Gasteiger partial charge on any atom is 0.107 e. The fourth-order valence-corrected chi connectivity index (χ4v) is 0.981. The predicted octanol–water partition coefficient (Wildman–Crippen LogP) is 1.17. The summed E-state index contributed by atoms with van der Waals surface area (Å²) in [6.07, 6.45) is 6.96. The van der Waals surface area contributed by atoms with Crippen LogP contribution >= 0.6 is 0 Å². The summed E-state index contributed by atoms with van der Waals surface area (Å²) in [7, 11) is 0. The molecule has 0 saturated heterocycles. The summed E-state index contributed by atoms with van der Waals surface area (Å²) in [4.78, 5) is 0. The smallest absolute Gasteiger partial charge is 0.107 e. The van der Waals surface area contributed by atoms with Crippen molar-refractivity contribution in [2.24, 2.45) is 5.73 Å². The van der Waals surface area contributed by atoms with Crippen LogP contribution in [0, 0.1) is 12.3 Å². The van der Waals surface area contributed by atoms with Crippen molar-refractivity contribution >= 4 is 0 Å². The van der Waals surface area contributed by atoms with Gasteiger partial charge in [0.2, 0.25) is 0 Å². The molecule has 0 radical (unpaired) electrons. The SMILES string of the molecule is C#CCOCCOCCCC(C)(C)N. The molecule has 0 unspecified atom stereocenters. The summed E-state index contributed by atoms with van der Waals surface area (Å²) >= 11 is 0. The average molecular weight is 199 g/mol. The molecule has 0 aliphatic rings. The molecule has 0 heterocycles. The summed E-state index contributed by atoms with van der Waals surface area (Å²) in [6, 6.07) is 0. The number of hydrogen-bond donors (Lipinski definition) is 1. The van der Waals surface area contributed by atoms with Crippen LogP contribution in [0.3, 0.4) is 0 Å². The summed E-state index contributed by atoms with van der Waals surface area (Å²) in [5.74, 6) is 2.40. The largest absolute Gasteiger partial charge is 0.379 e. The lowest BCUT2D eigenvalue weighted by Crippen LogP contribution is -2.31. The van der Waals surface area contributed by atoms with Crippen LogP contribution in [0.15, 0.2) is 0 Å². The quantitative estimate of drug-likeness (QED) is 0.471. The summed E-state index contributed by atoms with van der Waals surface area (Å²) in [5.41, 5.74) is 5.72. The van der Waals surface area contributed by atoms with E-state index in [0.717, 1.165) is 19.4 Å². The maximum absolute atomic E-state index is 5.81. The Hall–Kier alpha value is -0.560. The van der Waals surface area contributed by atoms with Gasteiger partial charge in [-0.1, -0.05) is 5.92 Å². The van der Waals surface area contributed by atoms with E-state index in [9.17, 15) is 0 Å². The van der Waals surface area contributed by atoms with Gasteiger partial charge >= 0.3 is 0 Å². The molecule has 0 aliphatic carbocycles. The van der Waals surface area contributed by atoms with E-state index in [1.165, 1.54) is 0 Å². The molecule has 14 heavy (non-hydrogen) atoms. The molecule has 3 nitrogen and oxygen atoms in total. The Labute approximate surface area is 87.0 Å². The van der Waals surface area contributed by atoms with Gasteiger partial charge in [0, 0.05) is 12.1 Å². The van der Waals surface area contributed by atoms with Crippen molar-refractivity contribution in [3.63, 3.8) is 0 Å². The predicted molar refractivity (Wildman–Crippen MR) is 58.0 cm³/mol. The van der Waals surface area contributed by atoms with E-state index in [0.29, 0.717) is 19.8 Å². The van der Waals surface area contributed by atoms with Gasteiger partial charge in [0.1, 0.15) is 6.61 Å². The van der Waals surface area contributed by atoms with Crippen molar-refractivity contribution in [2.75, 3.05) is 26.4 Å². The third-order valence-corrected chi connectivity index (χ3v) is 1.67. The minimum absolute atomic E-state index is 0.0939. The molecule has 0 fully saturated rings. The van der Waals surface area contributed by atoms with Crippen LogP contribution in [-0.4, -0.2) is 32.0 Å². The minimum atomic E-state index is -0.0939. The van der Waals surface area contributed by atoms with E-state index < -0.39 is 0 Å². The second-order valence-corrected chi connectivity index (χ2v) is 3.96. The molecule has 0 atom stereocenters. The highest BCUT2D eigenvalue weighted by Gasteiger charge is 2.08. The Bertz CT molecular complexity index is 167. The first-order valence-electron chi connectivity index (χ1n) is 4.94. The van der Waals surface area contributed by atoms with Crippen LogP contribution < -0.4 is 5.73 Å². The van der Waals surface area contributed by atoms with Gasteiger partial charge in [0.25, 0.3) is 0 Å². The number of ether oxygens (including phenoxy) is 2. The van der Waals surface area contributed by atoms with Gasteiger partial charge in [0.05, 0.1) is 13.2 Å². The Kier molecular flexibility index (Phi) is 7.50. The molecule has 2 N–H and O–H groups in total. The van der Waals surface area contributed by atoms with Crippen molar-refractivity contribution in [3.8, 4) is 12.3 Å². The molecule has 82 valence electrons. The van der Waals surface area contributed by atoms with E-state index in [1.807, 2.05) is 13.8 Å². The highest BCUT2D eigenvalue weighted by atomic mass is 16.5. The second kappa shape index (κ2) is 7.81. The highest BCUT2D eigenvalue weighted by molar-refractivity contribution is 4.82. The van der Waals surface area contributed by atoms with Gasteiger partial charge in [-0.3, -0.25) is 0 Å². The van der Waals surface area contributed by atoms with Crippen LogP contribution in [0.25, 0.3) is 0 Å². The van der Waals surface area contributed by atoms with Crippen molar-refractivity contribution in [1.29, 1.82) is 0 Å². The van der Waals surface area contributed by atoms with E-state index in [1.54, 1.807) is 0 Å². The zero-order chi connectivity index (χ0) is 10.9.